The van der Waals surface area contributed by atoms with Crippen molar-refractivity contribution in [1.82, 2.24) is 10.3 Å². The maximum atomic E-state index is 12.8. The number of hydrogen-bond donors (Lipinski definition) is 1. The number of amides is 1. The third kappa shape index (κ3) is 4.42. The smallest absolute Gasteiger partial charge is 0.254 e. The van der Waals surface area contributed by atoms with E-state index in [2.05, 4.69) is 15.4 Å². The Balaban J connectivity index is 1.84. The Labute approximate surface area is 118 Å². The maximum absolute atomic E-state index is 12.8. The van der Waals surface area contributed by atoms with Crippen LogP contribution in [0.3, 0.4) is 0 Å². The van der Waals surface area contributed by atoms with Gasteiger partial charge in [0.05, 0.1) is 12.3 Å². The molecule has 20 heavy (non-hydrogen) atoms. The number of hydrogen-bond acceptors (Lipinski definition) is 3. The fourth-order valence-corrected chi connectivity index (χ4v) is 2.26. The molecule has 1 aromatic carbocycles. The van der Waals surface area contributed by atoms with E-state index >= 15 is 0 Å². The number of benzene rings is 1. The van der Waals surface area contributed by atoms with Crippen molar-refractivity contribution in [2.75, 3.05) is 19.6 Å². The molecule has 1 heterocycles. The minimum absolute atomic E-state index is 0.103. The average Bonchev–Trinajstić information content (AvgIpc) is 2.46. The predicted octanol–water partition coefficient (Wildman–Crippen LogP) is 2.15. The molecule has 0 unspecified atom stereocenters. The predicted molar refractivity (Wildman–Crippen MR) is 77.0 cm³/mol. The molecule has 1 saturated heterocycles. The first-order valence-corrected chi connectivity index (χ1v) is 6.96. The first-order chi connectivity index (χ1) is 9.65. The molecular weight excluding hydrogens is 257 g/mol. The Bertz CT molecular complexity index is 478. The highest BCUT2D eigenvalue weighted by atomic mass is 19.1. The lowest BCUT2D eigenvalue weighted by Crippen LogP contribution is -2.38. The van der Waals surface area contributed by atoms with Crippen LogP contribution >= 0.6 is 0 Å². The molecule has 1 aliphatic rings. The topological polar surface area (TPSA) is 44.7 Å². The van der Waals surface area contributed by atoms with Crippen LogP contribution < -0.4 is 5.43 Å². The molecule has 0 saturated carbocycles. The number of nitrogens with one attached hydrogen (secondary N) is 1. The fourth-order valence-electron chi connectivity index (χ4n) is 2.26. The lowest BCUT2D eigenvalue weighted by atomic mass is 10.1. The molecule has 0 atom stereocenters. The summed E-state index contributed by atoms with van der Waals surface area (Å²) in [7, 11) is 0. The zero-order valence-corrected chi connectivity index (χ0v) is 11.7. The summed E-state index contributed by atoms with van der Waals surface area (Å²) in [6.45, 7) is 4.14. The van der Waals surface area contributed by atoms with E-state index in [1.165, 1.54) is 18.6 Å². The molecule has 1 N–H and O–H groups in total. The van der Waals surface area contributed by atoms with Crippen molar-refractivity contribution in [1.29, 1.82) is 0 Å². The second kappa shape index (κ2) is 7.14. The van der Waals surface area contributed by atoms with Gasteiger partial charge in [0.25, 0.3) is 5.91 Å². The van der Waals surface area contributed by atoms with E-state index in [0.29, 0.717) is 12.3 Å². The summed E-state index contributed by atoms with van der Waals surface area (Å²) in [4.78, 5) is 13.9. The maximum Gasteiger partial charge on any atom is 0.254 e. The van der Waals surface area contributed by atoms with Crippen molar-refractivity contribution in [3.8, 4) is 0 Å². The number of hydrazone groups is 1. The van der Waals surface area contributed by atoms with Crippen molar-refractivity contribution >= 4 is 11.6 Å². The van der Waals surface area contributed by atoms with E-state index in [1.54, 1.807) is 19.1 Å². The molecule has 2 rings (SSSR count). The van der Waals surface area contributed by atoms with Crippen molar-refractivity contribution in [2.45, 2.75) is 26.2 Å². The van der Waals surface area contributed by atoms with E-state index in [-0.39, 0.29) is 11.7 Å². The monoisotopic (exact) mass is 277 g/mol. The minimum atomic E-state index is -0.282. The summed E-state index contributed by atoms with van der Waals surface area (Å²) < 4.78 is 12.8. The molecular formula is C15H20FN3O. The Morgan fingerprint density at radius 3 is 2.55 bits per heavy atom. The number of halogens is 1. The molecule has 0 radical (unpaired) electrons. The molecule has 0 aromatic heterocycles. The van der Waals surface area contributed by atoms with Crippen molar-refractivity contribution in [2.24, 2.45) is 5.10 Å². The molecule has 108 valence electrons. The summed E-state index contributed by atoms with van der Waals surface area (Å²) in [6, 6.07) is 6.05. The Morgan fingerprint density at radius 2 is 1.90 bits per heavy atom. The Morgan fingerprint density at radius 1 is 1.25 bits per heavy atom. The van der Waals surface area contributed by atoms with Gasteiger partial charge in [-0.3, -0.25) is 9.69 Å². The van der Waals surface area contributed by atoms with Crippen LogP contribution in [0.4, 0.5) is 4.39 Å². The average molecular weight is 277 g/mol. The van der Waals surface area contributed by atoms with E-state index in [9.17, 15) is 9.18 Å². The minimum Gasteiger partial charge on any atom is -0.294 e. The van der Waals surface area contributed by atoms with E-state index in [1.807, 2.05) is 0 Å². The molecule has 1 fully saturated rings. The molecule has 1 aromatic rings. The van der Waals surface area contributed by atoms with Gasteiger partial charge < -0.3 is 0 Å². The van der Waals surface area contributed by atoms with Gasteiger partial charge in [0, 0.05) is 0 Å². The molecule has 1 amide bonds. The number of piperidine rings is 1. The Hall–Kier alpha value is -1.75. The molecule has 5 heteroatoms. The normalized spacial score (nSPS) is 17.0. The third-order valence-corrected chi connectivity index (χ3v) is 3.43. The molecule has 1 aliphatic heterocycles. The lowest BCUT2D eigenvalue weighted by molar-refractivity contribution is -0.122. The first-order valence-electron chi connectivity index (χ1n) is 6.96. The van der Waals surface area contributed by atoms with Gasteiger partial charge in [-0.15, -0.1) is 0 Å². The SMILES string of the molecule is C/C(=N\NC(=O)CN1CCCCC1)c1ccc(F)cc1. The van der Waals surface area contributed by atoms with Gasteiger partial charge >= 0.3 is 0 Å². The van der Waals surface area contributed by atoms with Crippen LogP contribution in [0.1, 0.15) is 31.7 Å². The summed E-state index contributed by atoms with van der Waals surface area (Å²) in [5, 5.41) is 4.06. The van der Waals surface area contributed by atoms with Gasteiger partial charge in [-0.05, 0) is 50.6 Å². The number of likely N-dealkylation sites (tertiary alicyclic amines) is 1. The largest absolute Gasteiger partial charge is 0.294 e. The summed E-state index contributed by atoms with van der Waals surface area (Å²) in [6.07, 6.45) is 3.57. The third-order valence-electron chi connectivity index (χ3n) is 3.43. The van der Waals surface area contributed by atoms with Crippen molar-refractivity contribution < 1.29 is 9.18 Å². The molecule has 0 spiro atoms. The fraction of sp³-hybridized carbons (Fsp3) is 0.467. The van der Waals surface area contributed by atoms with Gasteiger partial charge in [-0.25, -0.2) is 9.82 Å². The van der Waals surface area contributed by atoms with Crippen LogP contribution in [-0.4, -0.2) is 36.2 Å². The zero-order chi connectivity index (χ0) is 14.4. The summed E-state index contributed by atoms with van der Waals surface area (Å²) in [5.41, 5.74) is 4.02. The van der Waals surface area contributed by atoms with Crippen LogP contribution in [0.15, 0.2) is 29.4 Å². The molecule has 0 aliphatic carbocycles. The van der Waals surface area contributed by atoms with E-state index in [0.717, 1.165) is 31.5 Å². The van der Waals surface area contributed by atoms with Crippen LogP contribution in [0.2, 0.25) is 0 Å². The van der Waals surface area contributed by atoms with Crippen molar-refractivity contribution in [3.63, 3.8) is 0 Å². The standard InChI is InChI=1S/C15H20FN3O/c1-12(13-5-7-14(16)8-6-13)17-18-15(20)11-19-9-3-2-4-10-19/h5-8H,2-4,9-11H2,1H3,(H,18,20)/b17-12+. The van der Waals surface area contributed by atoms with Gasteiger partial charge in [0.2, 0.25) is 0 Å². The number of carbonyl (C=O) groups is 1. The van der Waals surface area contributed by atoms with Gasteiger partial charge in [0.15, 0.2) is 0 Å². The van der Waals surface area contributed by atoms with Crippen LogP contribution in [0.5, 0.6) is 0 Å². The van der Waals surface area contributed by atoms with Crippen LogP contribution in [0, 0.1) is 5.82 Å². The highest BCUT2D eigenvalue weighted by Gasteiger charge is 2.13. The lowest BCUT2D eigenvalue weighted by Gasteiger charge is -2.25. The second-order valence-corrected chi connectivity index (χ2v) is 5.08. The second-order valence-electron chi connectivity index (χ2n) is 5.08. The highest BCUT2D eigenvalue weighted by molar-refractivity contribution is 5.99. The molecule has 0 bridgehead atoms. The highest BCUT2D eigenvalue weighted by Crippen LogP contribution is 2.07. The number of carbonyl (C=O) groups excluding carboxylic acids is 1. The molecule has 4 nitrogen and oxygen atoms in total. The number of rotatable bonds is 4. The van der Waals surface area contributed by atoms with Crippen molar-refractivity contribution in [3.05, 3.63) is 35.6 Å². The Kier molecular flexibility index (Phi) is 5.24. The number of nitrogens with zero attached hydrogens (tertiary/aromatic N) is 2. The summed E-state index contributed by atoms with van der Waals surface area (Å²) in [5.74, 6) is -0.385. The van der Waals surface area contributed by atoms with E-state index in [4.69, 9.17) is 0 Å². The quantitative estimate of drug-likeness (QED) is 0.677. The van der Waals surface area contributed by atoms with Gasteiger partial charge in [-0.2, -0.15) is 5.10 Å². The first kappa shape index (κ1) is 14.7. The van der Waals surface area contributed by atoms with Gasteiger partial charge in [-0.1, -0.05) is 18.6 Å². The summed E-state index contributed by atoms with van der Waals surface area (Å²) >= 11 is 0. The van der Waals surface area contributed by atoms with Crippen LogP contribution in [-0.2, 0) is 4.79 Å². The van der Waals surface area contributed by atoms with Gasteiger partial charge in [0.1, 0.15) is 5.82 Å². The zero-order valence-electron chi connectivity index (χ0n) is 11.7. The van der Waals surface area contributed by atoms with Crippen LogP contribution in [0.25, 0.3) is 0 Å². The van der Waals surface area contributed by atoms with E-state index < -0.39 is 0 Å².